The molecule has 0 aliphatic rings. The third-order valence-corrected chi connectivity index (χ3v) is 3.06. The molecule has 0 fully saturated rings. The van der Waals surface area contributed by atoms with Crippen molar-refractivity contribution in [2.24, 2.45) is 5.41 Å². The molecule has 0 bridgehead atoms. The van der Waals surface area contributed by atoms with E-state index in [4.69, 9.17) is 0 Å². The Morgan fingerprint density at radius 1 is 1.46 bits per heavy atom. The van der Waals surface area contributed by atoms with E-state index in [-0.39, 0.29) is 0 Å². The van der Waals surface area contributed by atoms with Gasteiger partial charge in [-0.25, -0.2) is 0 Å². The Morgan fingerprint density at radius 3 is 2.77 bits per heavy atom. The summed E-state index contributed by atoms with van der Waals surface area (Å²) in [5.74, 6) is 0. The topological polar surface area (TPSA) is 12.0 Å². The van der Waals surface area contributed by atoms with Crippen molar-refractivity contribution >= 4 is 11.3 Å². The van der Waals surface area contributed by atoms with Gasteiger partial charge in [0.15, 0.2) is 0 Å². The lowest BCUT2D eigenvalue weighted by Gasteiger charge is -2.23. The molecule has 0 radical (unpaired) electrons. The van der Waals surface area contributed by atoms with Crippen molar-refractivity contribution in [3.05, 3.63) is 22.4 Å². The van der Waals surface area contributed by atoms with Crippen molar-refractivity contribution in [1.82, 2.24) is 5.32 Å². The van der Waals surface area contributed by atoms with Gasteiger partial charge in [-0.1, -0.05) is 13.8 Å². The van der Waals surface area contributed by atoms with E-state index in [9.17, 15) is 0 Å². The highest BCUT2D eigenvalue weighted by molar-refractivity contribution is 7.07. The van der Waals surface area contributed by atoms with Gasteiger partial charge in [0.2, 0.25) is 0 Å². The first-order valence-corrected chi connectivity index (χ1v) is 5.74. The van der Waals surface area contributed by atoms with Gasteiger partial charge in [0.05, 0.1) is 0 Å². The van der Waals surface area contributed by atoms with E-state index in [2.05, 4.69) is 36.0 Å². The van der Waals surface area contributed by atoms with Crippen LogP contribution in [-0.2, 0) is 6.42 Å². The zero-order chi connectivity index (χ0) is 9.73. The van der Waals surface area contributed by atoms with Gasteiger partial charge < -0.3 is 5.32 Å². The molecule has 0 unspecified atom stereocenters. The van der Waals surface area contributed by atoms with Crippen molar-refractivity contribution in [3.8, 4) is 0 Å². The summed E-state index contributed by atoms with van der Waals surface area (Å²) in [4.78, 5) is 0. The molecule has 1 aromatic heterocycles. The van der Waals surface area contributed by atoms with Gasteiger partial charge >= 0.3 is 0 Å². The van der Waals surface area contributed by atoms with Crippen LogP contribution in [0.15, 0.2) is 16.8 Å². The van der Waals surface area contributed by atoms with E-state index in [0.717, 1.165) is 6.54 Å². The largest absolute Gasteiger partial charge is 0.319 e. The molecule has 74 valence electrons. The first-order valence-electron chi connectivity index (χ1n) is 4.80. The first kappa shape index (κ1) is 10.7. The molecule has 0 aliphatic heterocycles. The molecule has 0 aromatic carbocycles. The molecule has 2 heteroatoms. The van der Waals surface area contributed by atoms with E-state index in [0.29, 0.717) is 5.41 Å². The molecular formula is C11H19NS. The van der Waals surface area contributed by atoms with Crippen LogP contribution in [0.5, 0.6) is 0 Å². The van der Waals surface area contributed by atoms with E-state index in [1.165, 1.54) is 18.4 Å². The second-order valence-corrected chi connectivity index (χ2v) is 5.11. The van der Waals surface area contributed by atoms with Crippen LogP contribution in [0, 0.1) is 5.41 Å². The van der Waals surface area contributed by atoms with Gasteiger partial charge in [-0.3, -0.25) is 0 Å². The lowest BCUT2D eigenvalue weighted by atomic mass is 9.87. The van der Waals surface area contributed by atoms with Crippen LogP contribution >= 0.6 is 11.3 Å². The summed E-state index contributed by atoms with van der Waals surface area (Å²) in [6.07, 6.45) is 2.46. The van der Waals surface area contributed by atoms with Gasteiger partial charge in [0, 0.05) is 0 Å². The second-order valence-electron chi connectivity index (χ2n) is 4.33. The van der Waals surface area contributed by atoms with Crippen molar-refractivity contribution in [2.75, 3.05) is 13.6 Å². The average Bonchev–Trinajstić information content (AvgIpc) is 2.52. The minimum absolute atomic E-state index is 0.413. The maximum absolute atomic E-state index is 3.24. The predicted octanol–water partition coefficient (Wildman–Crippen LogP) is 2.93. The monoisotopic (exact) mass is 197 g/mol. The minimum Gasteiger partial charge on any atom is -0.319 e. The Bertz CT molecular complexity index is 226. The van der Waals surface area contributed by atoms with Crippen molar-refractivity contribution in [1.29, 1.82) is 0 Å². The van der Waals surface area contributed by atoms with Crippen LogP contribution in [0.1, 0.15) is 25.8 Å². The average molecular weight is 197 g/mol. The summed E-state index contributed by atoms with van der Waals surface area (Å²) in [5.41, 5.74) is 1.89. The third-order valence-electron chi connectivity index (χ3n) is 2.33. The second kappa shape index (κ2) is 4.77. The van der Waals surface area contributed by atoms with Crippen molar-refractivity contribution in [2.45, 2.75) is 26.7 Å². The number of hydrogen-bond donors (Lipinski definition) is 1. The fourth-order valence-corrected chi connectivity index (χ4v) is 2.19. The summed E-state index contributed by atoms with van der Waals surface area (Å²) in [5, 5.41) is 7.64. The van der Waals surface area contributed by atoms with Crippen molar-refractivity contribution in [3.63, 3.8) is 0 Å². The SMILES string of the molecule is CNCC(C)(C)CCc1ccsc1. The Balaban J connectivity index is 2.33. The van der Waals surface area contributed by atoms with E-state index in [1.54, 1.807) is 11.3 Å². The third kappa shape index (κ3) is 3.92. The maximum Gasteiger partial charge on any atom is -0.0000373 e. The van der Waals surface area contributed by atoms with Crippen LogP contribution in [0.3, 0.4) is 0 Å². The molecule has 1 nitrogen and oxygen atoms in total. The first-order chi connectivity index (χ1) is 6.14. The summed E-state index contributed by atoms with van der Waals surface area (Å²) >= 11 is 1.79. The molecule has 1 N–H and O–H groups in total. The van der Waals surface area contributed by atoms with Gasteiger partial charge in [0.1, 0.15) is 0 Å². The molecule has 0 saturated carbocycles. The number of thiophene rings is 1. The standard InChI is InChI=1S/C11H19NS/c1-11(2,9-12-3)6-4-10-5-7-13-8-10/h5,7-8,12H,4,6,9H2,1-3H3. The van der Waals surface area contributed by atoms with Crippen LogP contribution in [0.4, 0.5) is 0 Å². The fraction of sp³-hybridized carbons (Fsp3) is 0.636. The lowest BCUT2D eigenvalue weighted by Crippen LogP contribution is -2.27. The highest BCUT2D eigenvalue weighted by Gasteiger charge is 2.16. The summed E-state index contributed by atoms with van der Waals surface area (Å²) < 4.78 is 0. The molecule has 1 aromatic rings. The number of aryl methyl sites for hydroxylation is 1. The molecular weight excluding hydrogens is 178 g/mol. The molecule has 0 spiro atoms. The molecule has 1 heterocycles. The lowest BCUT2D eigenvalue weighted by molar-refractivity contribution is 0.324. The molecule has 1 rings (SSSR count). The Labute approximate surface area is 85.2 Å². The zero-order valence-electron chi connectivity index (χ0n) is 8.76. The molecule has 0 atom stereocenters. The van der Waals surface area contributed by atoms with E-state index >= 15 is 0 Å². The van der Waals surface area contributed by atoms with E-state index < -0.39 is 0 Å². The van der Waals surface area contributed by atoms with Crippen LogP contribution in [-0.4, -0.2) is 13.6 Å². The Morgan fingerprint density at radius 2 is 2.23 bits per heavy atom. The zero-order valence-corrected chi connectivity index (χ0v) is 9.58. The van der Waals surface area contributed by atoms with Gasteiger partial charge in [-0.15, -0.1) is 0 Å². The highest BCUT2D eigenvalue weighted by atomic mass is 32.1. The van der Waals surface area contributed by atoms with Gasteiger partial charge in [-0.2, -0.15) is 11.3 Å². The Kier molecular flexibility index (Phi) is 3.94. The van der Waals surface area contributed by atoms with Crippen LogP contribution < -0.4 is 5.32 Å². The van der Waals surface area contributed by atoms with Gasteiger partial charge in [0.25, 0.3) is 0 Å². The molecule has 0 saturated heterocycles. The molecule has 13 heavy (non-hydrogen) atoms. The van der Waals surface area contributed by atoms with Crippen LogP contribution in [0.2, 0.25) is 0 Å². The van der Waals surface area contributed by atoms with Crippen LogP contribution in [0.25, 0.3) is 0 Å². The number of nitrogens with one attached hydrogen (secondary N) is 1. The summed E-state index contributed by atoms with van der Waals surface area (Å²) in [6.45, 7) is 5.73. The van der Waals surface area contributed by atoms with E-state index in [1.807, 2.05) is 7.05 Å². The number of hydrogen-bond acceptors (Lipinski definition) is 2. The Hall–Kier alpha value is -0.340. The number of rotatable bonds is 5. The normalized spacial score (nSPS) is 11.9. The fourth-order valence-electron chi connectivity index (χ4n) is 1.48. The minimum atomic E-state index is 0.413. The predicted molar refractivity (Wildman–Crippen MR) is 60.3 cm³/mol. The van der Waals surface area contributed by atoms with Crippen molar-refractivity contribution < 1.29 is 0 Å². The quantitative estimate of drug-likeness (QED) is 0.765. The maximum atomic E-state index is 3.24. The molecule has 0 aliphatic carbocycles. The summed E-state index contributed by atoms with van der Waals surface area (Å²) in [7, 11) is 2.02. The summed E-state index contributed by atoms with van der Waals surface area (Å²) in [6, 6.07) is 2.22. The smallest absolute Gasteiger partial charge is 0.0000373 e. The van der Waals surface area contributed by atoms with Gasteiger partial charge in [-0.05, 0) is 54.2 Å². The molecule has 0 amide bonds. The highest BCUT2D eigenvalue weighted by Crippen LogP contribution is 2.22.